The van der Waals surface area contributed by atoms with Crippen LogP contribution in [-0.2, 0) is 11.3 Å². The Bertz CT molecular complexity index is 1130. The summed E-state index contributed by atoms with van der Waals surface area (Å²) in [7, 11) is 0. The van der Waals surface area contributed by atoms with Crippen molar-refractivity contribution in [2.24, 2.45) is 5.92 Å². The SMILES string of the molecule is CCC/C=C/c1ccc(-c2c(C)c(CNC(=O)C3CC3)nn2-c2ccc(Cl)cc2Cl)s1. The zero-order chi connectivity index (χ0) is 22.0. The highest BCUT2D eigenvalue weighted by atomic mass is 35.5. The van der Waals surface area contributed by atoms with Crippen LogP contribution in [0.4, 0.5) is 0 Å². The van der Waals surface area contributed by atoms with Crippen LogP contribution in [0.1, 0.15) is 48.7 Å². The van der Waals surface area contributed by atoms with E-state index in [1.54, 1.807) is 17.4 Å². The number of allylic oxidation sites excluding steroid dienone is 1. The van der Waals surface area contributed by atoms with Gasteiger partial charge in [-0.3, -0.25) is 4.79 Å². The highest BCUT2D eigenvalue weighted by molar-refractivity contribution is 7.16. The molecular weight excluding hydrogens is 449 g/mol. The van der Waals surface area contributed by atoms with Crippen LogP contribution in [0.15, 0.2) is 36.4 Å². The summed E-state index contributed by atoms with van der Waals surface area (Å²) in [6.45, 7) is 4.63. The number of nitrogens with one attached hydrogen (secondary N) is 1. The van der Waals surface area contributed by atoms with Crippen LogP contribution in [0, 0.1) is 12.8 Å². The second kappa shape index (κ2) is 9.60. The maximum Gasteiger partial charge on any atom is 0.223 e. The summed E-state index contributed by atoms with van der Waals surface area (Å²) in [5.41, 5.74) is 3.62. The summed E-state index contributed by atoms with van der Waals surface area (Å²) in [6, 6.07) is 9.66. The Morgan fingerprint density at radius 1 is 1.29 bits per heavy atom. The average molecular weight is 474 g/mol. The molecule has 0 radical (unpaired) electrons. The van der Waals surface area contributed by atoms with E-state index in [9.17, 15) is 4.79 Å². The van der Waals surface area contributed by atoms with Crippen LogP contribution in [0.25, 0.3) is 22.3 Å². The molecule has 162 valence electrons. The number of halogens is 2. The van der Waals surface area contributed by atoms with Crippen molar-refractivity contribution in [3.05, 3.63) is 62.6 Å². The maximum atomic E-state index is 12.2. The Hall–Kier alpha value is -2.08. The smallest absolute Gasteiger partial charge is 0.223 e. The predicted molar refractivity (Wildman–Crippen MR) is 130 cm³/mol. The quantitative estimate of drug-likeness (QED) is 0.380. The van der Waals surface area contributed by atoms with Crippen LogP contribution in [-0.4, -0.2) is 15.7 Å². The van der Waals surface area contributed by atoms with E-state index in [0.717, 1.165) is 53.2 Å². The largest absolute Gasteiger partial charge is 0.350 e. The molecule has 0 atom stereocenters. The number of benzene rings is 1. The Labute approximate surface area is 196 Å². The monoisotopic (exact) mass is 473 g/mol. The van der Waals surface area contributed by atoms with Crippen molar-refractivity contribution in [3.63, 3.8) is 0 Å². The van der Waals surface area contributed by atoms with Gasteiger partial charge in [-0.25, -0.2) is 4.68 Å². The lowest BCUT2D eigenvalue weighted by Gasteiger charge is -2.09. The highest BCUT2D eigenvalue weighted by Gasteiger charge is 2.30. The first-order valence-corrected chi connectivity index (χ1v) is 12.1. The molecule has 4 nitrogen and oxygen atoms in total. The van der Waals surface area contributed by atoms with Gasteiger partial charge in [0.2, 0.25) is 5.91 Å². The van der Waals surface area contributed by atoms with Gasteiger partial charge in [-0.15, -0.1) is 11.3 Å². The molecule has 1 aliphatic carbocycles. The number of aromatic nitrogens is 2. The van der Waals surface area contributed by atoms with E-state index < -0.39 is 0 Å². The molecular formula is C24H25Cl2N3OS. The van der Waals surface area contributed by atoms with Crippen molar-refractivity contribution < 1.29 is 4.79 Å². The van der Waals surface area contributed by atoms with Gasteiger partial charge in [0.1, 0.15) is 0 Å². The Morgan fingerprint density at radius 3 is 2.81 bits per heavy atom. The molecule has 2 heterocycles. The van der Waals surface area contributed by atoms with Crippen molar-refractivity contribution in [2.45, 2.75) is 46.1 Å². The average Bonchev–Trinajstić information content (AvgIpc) is 3.41. The molecule has 0 aliphatic heterocycles. The van der Waals surface area contributed by atoms with Gasteiger partial charge in [-0.1, -0.05) is 42.6 Å². The molecule has 0 unspecified atom stereocenters. The molecule has 0 spiro atoms. The van der Waals surface area contributed by atoms with Crippen LogP contribution in [0.3, 0.4) is 0 Å². The van der Waals surface area contributed by atoms with Gasteiger partial charge in [0.05, 0.1) is 33.5 Å². The third-order valence-corrected chi connectivity index (χ3v) is 6.93. The summed E-state index contributed by atoms with van der Waals surface area (Å²) in [5.74, 6) is 0.279. The van der Waals surface area contributed by atoms with Crippen molar-refractivity contribution in [3.8, 4) is 16.3 Å². The van der Waals surface area contributed by atoms with E-state index in [1.165, 1.54) is 4.88 Å². The lowest BCUT2D eigenvalue weighted by Crippen LogP contribution is -2.24. The minimum Gasteiger partial charge on any atom is -0.350 e. The standard InChI is InChI=1S/C24H25Cl2N3OS/c1-3-4-5-6-18-10-12-22(31-18)23-15(2)20(14-27-24(30)16-7-8-16)28-29(23)21-11-9-17(25)13-19(21)26/h5-6,9-13,16H,3-4,7-8,14H2,1-2H3,(H,27,30)/b6-5+. The molecule has 1 N–H and O–H groups in total. The van der Waals surface area contributed by atoms with Gasteiger partial charge >= 0.3 is 0 Å². The van der Waals surface area contributed by atoms with E-state index in [0.29, 0.717) is 16.6 Å². The summed E-state index contributed by atoms with van der Waals surface area (Å²) in [4.78, 5) is 14.5. The van der Waals surface area contributed by atoms with E-state index in [4.69, 9.17) is 28.3 Å². The number of rotatable bonds is 8. The topological polar surface area (TPSA) is 46.9 Å². The molecule has 1 amide bonds. The first kappa shape index (κ1) is 22.1. The van der Waals surface area contributed by atoms with Crippen LogP contribution >= 0.6 is 34.5 Å². The Kier molecular flexibility index (Phi) is 6.85. The molecule has 0 saturated heterocycles. The summed E-state index contributed by atoms with van der Waals surface area (Å²) in [6.07, 6.45) is 8.53. The number of nitrogens with zero attached hydrogens (tertiary/aromatic N) is 2. The summed E-state index contributed by atoms with van der Waals surface area (Å²) >= 11 is 14.4. The second-order valence-electron chi connectivity index (χ2n) is 7.81. The normalized spacial score (nSPS) is 13.8. The highest BCUT2D eigenvalue weighted by Crippen LogP contribution is 2.36. The third kappa shape index (κ3) is 5.05. The number of amides is 1. The van der Waals surface area contributed by atoms with Crippen LogP contribution in [0.5, 0.6) is 0 Å². The van der Waals surface area contributed by atoms with Crippen LogP contribution in [0.2, 0.25) is 10.0 Å². The summed E-state index contributed by atoms with van der Waals surface area (Å²) in [5, 5.41) is 8.99. The molecule has 1 aromatic carbocycles. The summed E-state index contributed by atoms with van der Waals surface area (Å²) < 4.78 is 1.87. The number of unbranched alkanes of at least 4 members (excludes halogenated alkanes) is 1. The van der Waals surface area contributed by atoms with Crippen molar-refractivity contribution in [1.29, 1.82) is 0 Å². The third-order valence-electron chi connectivity index (χ3n) is 5.33. The number of hydrogen-bond donors (Lipinski definition) is 1. The molecule has 3 aromatic rings. The fraction of sp³-hybridized carbons (Fsp3) is 0.333. The molecule has 31 heavy (non-hydrogen) atoms. The molecule has 0 bridgehead atoms. The molecule has 1 fully saturated rings. The van der Waals surface area contributed by atoms with Gasteiger partial charge in [-0.05, 0) is 62.6 Å². The van der Waals surface area contributed by atoms with Gasteiger partial charge in [-0.2, -0.15) is 5.10 Å². The first-order valence-electron chi connectivity index (χ1n) is 10.6. The van der Waals surface area contributed by atoms with Gasteiger partial charge in [0.25, 0.3) is 0 Å². The van der Waals surface area contributed by atoms with E-state index in [1.807, 2.05) is 23.7 Å². The molecule has 1 aliphatic rings. The number of thiophene rings is 1. The lowest BCUT2D eigenvalue weighted by atomic mass is 10.1. The minimum atomic E-state index is 0.111. The predicted octanol–water partition coefficient (Wildman–Crippen LogP) is 7.06. The number of carbonyl (C=O) groups excluding carboxylic acids is 1. The van der Waals surface area contributed by atoms with Gasteiger partial charge in [0, 0.05) is 21.4 Å². The molecule has 4 rings (SSSR count). The minimum absolute atomic E-state index is 0.111. The maximum absolute atomic E-state index is 12.2. The Morgan fingerprint density at radius 2 is 2.10 bits per heavy atom. The number of hydrogen-bond acceptors (Lipinski definition) is 3. The number of carbonyl (C=O) groups is 1. The fourth-order valence-electron chi connectivity index (χ4n) is 3.42. The van der Waals surface area contributed by atoms with Gasteiger partial charge in [0.15, 0.2) is 0 Å². The van der Waals surface area contributed by atoms with Crippen molar-refractivity contribution in [2.75, 3.05) is 0 Å². The fourth-order valence-corrected chi connectivity index (χ4v) is 4.94. The molecule has 2 aromatic heterocycles. The molecule has 7 heteroatoms. The first-order chi connectivity index (χ1) is 15.0. The molecule has 1 saturated carbocycles. The van der Waals surface area contributed by atoms with E-state index in [-0.39, 0.29) is 11.8 Å². The Balaban J connectivity index is 1.73. The second-order valence-corrected chi connectivity index (χ2v) is 9.77. The zero-order valence-corrected chi connectivity index (χ0v) is 19.9. The van der Waals surface area contributed by atoms with Crippen LogP contribution < -0.4 is 5.32 Å². The van der Waals surface area contributed by atoms with Gasteiger partial charge < -0.3 is 5.32 Å². The van der Waals surface area contributed by atoms with E-state index >= 15 is 0 Å². The van der Waals surface area contributed by atoms with E-state index in [2.05, 4.69) is 36.5 Å². The lowest BCUT2D eigenvalue weighted by molar-refractivity contribution is -0.122. The van der Waals surface area contributed by atoms with Crippen molar-refractivity contribution in [1.82, 2.24) is 15.1 Å². The van der Waals surface area contributed by atoms with Crippen molar-refractivity contribution >= 4 is 46.5 Å². The zero-order valence-electron chi connectivity index (χ0n) is 17.6.